The van der Waals surface area contributed by atoms with E-state index in [1.54, 1.807) is 0 Å². The van der Waals surface area contributed by atoms with E-state index in [2.05, 4.69) is 55.1 Å². The van der Waals surface area contributed by atoms with Crippen molar-refractivity contribution in [2.45, 2.75) is 101 Å². The minimum atomic E-state index is -1.16. The fourth-order valence-corrected chi connectivity index (χ4v) is 6.89. The van der Waals surface area contributed by atoms with E-state index < -0.39 is 30.2 Å². The lowest BCUT2D eigenvalue weighted by Crippen LogP contribution is -2.68. The highest BCUT2D eigenvalue weighted by atomic mass is 16.7. The highest BCUT2D eigenvalue weighted by molar-refractivity contribution is 5.17. The first-order chi connectivity index (χ1) is 24.2. The smallest absolute Gasteiger partial charge is 0.201 e. The summed E-state index contributed by atoms with van der Waals surface area (Å²) >= 11 is 0. The highest BCUT2D eigenvalue weighted by Gasteiger charge is 2.58. The lowest BCUT2D eigenvalue weighted by molar-refractivity contribution is -0.392. The number of ether oxygens (including phenoxy) is 6. The van der Waals surface area contributed by atoms with Crippen LogP contribution < -0.4 is 0 Å². The fraction of sp³-hybridized carbons (Fsp3) is 0.395. The van der Waals surface area contributed by atoms with Gasteiger partial charge in [-0.2, -0.15) is 0 Å². The summed E-state index contributed by atoms with van der Waals surface area (Å²) in [6.07, 6.45) is 5.58. The Labute approximate surface area is 292 Å². The van der Waals surface area contributed by atoms with Crippen LogP contribution in [0.5, 0.6) is 0 Å². The van der Waals surface area contributed by atoms with Crippen molar-refractivity contribution in [3.8, 4) is 0 Å². The maximum atomic E-state index is 7.19. The normalized spacial score (nSPS) is 24.4. The van der Waals surface area contributed by atoms with Crippen molar-refractivity contribution >= 4 is 0 Å². The first kappa shape index (κ1) is 35.2. The average molecular weight is 663 g/mol. The molecule has 1 saturated heterocycles. The predicted octanol–water partition coefficient (Wildman–Crippen LogP) is 8.98. The lowest BCUT2D eigenvalue weighted by atomic mass is 9.88. The molecule has 0 spiro atoms. The Kier molecular flexibility index (Phi) is 13.2. The van der Waals surface area contributed by atoms with Crippen LogP contribution in [0.2, 0.25) is 0 Å². The van der Waals surface area contributed by atoms with Crippen molar-refractivity contribution in [2.24, 2.45) is 0 Å². The Morgan fingerprint density at radius 1 is 0.592 bits per heavy atom. The minimum Gasteiger partial charge on any atom is -0.374 e. The van der Waals surface area contributed by atoms with E-state index in [9.17, 15) is 0 Å². The summed E-state index contributed by atoms with van der Waals surface area (Å²) in [6.45, 7) is 6.05. The zero-order chi connectivity index (χ0) is 33.6. The van der Waals surface area contributed by atoms with Gasteiger partial charge in [0.1, 0.15) is 24.4 Å². The molecule has 5 atom stereocenters. The molecule has 2 fully saturated rings. The first-order valence-electron chi connectivity index (χ1n) is 17.8. The Balaban J connectivity index is 1.37. The number of hydrogen-bond acceptors (Lipinski definition) is 6. The molecule has 4 aromatic carbocycles. The monoisotopic (exact) mass is 662 g/mol. The van der Waals surface area contributed by atoms with Gasteiger partial charge in [-0.3, -0.25) is 0 Å². The summed E-state index contributed by atoms with van der Waals surface area (Å²) in [5, 5.41) is 0. The van der Waals surface area contributed by atoms with E-state index in [0.29, 0.717) is 32.8 Å². The second-order valence-electron chi connectivity index (χ2n) is 13.1. The molecule has 1 heterocycles. The Bertz CT molecular complexity index is 1490. The van der Waals surface area contributed by atoms with Crippen molar-refractivity contribution in [1.29, 1.82) is 0 Å². The maximum absolute atomic E-state index is 7.19. The van der Waals surface area contributed by atoms with Crippen molar-refractivity contribution in [2.75, 3.05) is 6.61 Å². The van der Waals surface area contributed by atoms with Gasteiger partial charge in [0, 0.05) is 6.42 Å². The van der Waals surface area contributed by atoms with Gasteiger partial charge in [-0.15, -0.1) is 6.58 Å². The van der Waals surface area contributed by atoms with Crippen molar-refractivity contribution in [1.82, 2.24) is 0 Å². The molecule has 258 valence electrons. The topological polar surface area (TPSA) is 55.4 Å². The van der Waals surface area contributed by atoms with Crippen LogP contribution in [-0.2, 0) is 54.8 Å². The van der Waals surface area contributed by atoms with Gasteiger partial charge in [0.05, 0.1) is 39.1 Å². The number of hydrogen-bond donors (Lipinski definition) is 0. The van der Waals surface area contributed by atoms with Gasteiger partial charge in [-0.05, 0) is 35.1 Å². The molecule has 6 rings (SSSR count). The summed E-state index contributed by atoms with van der Waals surface area (Å²) in [5.41, 5.74) is 4.29. The summed E-state index contributed by atoms with van der Waals surface area (Å²) in [5.74, 6) is -1.16. The molecular weight excluding hydrogens is 612 g/mol. The molecule has 0 radical (unpaired) electrons. The molecule has 6 nitrogen and oxygen atoms in total. The lowest BCUT2D eigenvalue weighted by Gasteiger charge is -2.53. The standard InChI is InChI=1S/C43H50O6/c1-2-28-43(48-38-26-16-7-17-27-38)42(47-32-37-24-14-6-15-25-37)41(46-31-36-22-12-5-13-23-36)40(45-30-35-20-10-4-11-21-35)39(49-43)33-44-29-34-18-8-3-9-19-34/h2-6,8-15,18-25,38-42H,1,7,16-17,26-33H2/t39-,40-,41+,42-,43+/m1/s1. The minimum absolute atomic E-state index is 0.0407. The van der Waals surface area contributed by atoms with Crippen LogP contribution in [0.1, 0.15) is 60.8 Å². The second kappa shape index (κ2) is 18.4. The van der Waals surface area contributed by atoms with Crippen molar-refractivity contribution < 1.29 is 28.4 Å². The maximum Gasteiger partial charge on any atom is 0.201 e. The van der Waals surface area contributed by atoms with E-state index in [-0.39, 0.29) is 12.7 Å². The zero-order valence-electron chi connectivity index (χ0n) is 28.4. The van der Waals surface area contributed by atoms with Crippen LogP contribution >= 0.6 is 0 Å². The molecule has 0 bridgehead atoms. The van der Waals surface area contributed by atoms with Crippen LogP contribution in [0.4, 0.5) is 0 Å². The van der Waals surface area contributed by atoms with Crippen LogP contribution in [0.15, 0.2) is 134 Å². The summed E-state index contributed by atoms with van der Waals surface area (Å²) in [4.78, 5) is 0. The Hall–Kier alpha value is -3.62. The molecular formula is C43H50O6. The fourth-order valence-electron chi connectivity index (χ4n) is 6.89. The molecule has 6 heteroatoms. The van der Waals surface area contributed by atoms with Crippen molar-refractivity contribution in [3.63, 3.8) is 0 Å². The number of benzene rings is 4. The average Bonchev–Trinajstić information content (AvgIpc) is 3.15. The molecule has 1 aliphatic heterocycles. The molecule has 4 aromatic rings. The van der Waals surface area contributed by atoms with Crippen LogP contribution in [0.3, 0.4) is 0 Å². The third kappa shape index (κ3) is 9.98. The van der Waals surface area contributed by atoms with E-state index >= 15 is 0 Å². The molecule has 49 heavy (non-hydrogen) atoms. The molecule has 0 amide bonds. The summed E-state index contributed by atoms with van der Waals surface area (Å²) in [7, 11) is 0. The third-order valence-electron chi connectivity index (χ3n) is 9.36. The van der Waals surface area contributed by atoms with E-state index in [4.69, 9.17) is 28.4 Å². The van der Waals surface area contributed by atoms with Crippen LogP contribution in [-0.4, -0.2) is 42.9 Å². The molecule has 0 N–H and O–H groups in total. The highest BCUT2D eigenvalue weighted by Crippen LogP contribution is 2.42. The van der Waals surface area contributed by atoms with Crippen LogP contribution in [0, 0.1) is 0 Å². The SMILES string of the molecule is C=CC[C@]1(OC2CCCCC2)O[C@H](COCc2ccccc2)[C@@H](OCc2ccccc2)[C@H](OCc2ccccc2)[C@H]1OCc1ccccc1. The molecule has 2 aliphatic rings. The third-order valence-corrected chi connectivity index (χ3v) is 9.36. The molecule has 1 saturated carbocycles. The van der Waals surface area contributed by atoms with Gasteiger partial charge < -0.3 is 28.4 Å². The van der Waals surface area contributed by atoms with E-state index in [1.165, 1.54) is 6.42 Å². The van der Waals surface area contributed by atoms with Gasteiger partial charge in [-0.1, -0.05) is 147 Å². The van der Waals surface area contributed by atoms with Gasteiger partial charge in [0.15, 0.2) is 0 Å². The van der Waals surface area contributed by atoms with E-state index in [0.717, 1.165) is 47.9 Å². The van der Waals surface area contributed by atoms with E-state index in [1.807, 2.05) is 78.9 Å². The summed E-state index contributed by atoms with van der Waals surface area (Å²) in [6, 6.07) is 40.9. The quantitative estimate of drug-likeness (QED) is 0.105. The van der Waals surface area contributed by atoms with Gasteiger partial charge in [0.25, 0.3) is 0 Å². The van der Waals surface area contributed by atoms with Gasteiger partial charge >= 0.3 is 0 Å². The molecule has 0 unspecified atom stereocenters. The van der Waals surface area contributed by atoms with Gasteiger partial charge in [-0.25, -0.2) is 0 Å². The van der Waals surface area contributed by atoms with Crippen molar-refractivity contribution in [3.05, 3.63) is 156 Å². The zero-order valence-corrected chi connectivity index (χ0v) is 28.4. The van der Waals surface area contributed by atoms with Gasteiger partial charge in [0.2, 0.25) is 5.79 Å². The Morgan fingerprint density at radius 2 is 1.06 bits per heavy atom. The predicted molar refractivity (Wildman–Crippen MR) is 192 cm³/mol. The first-order valence-corrected chi connectivity index (χ1v) is 17.8. The Morgan fingerprint density at radius 3 is 1.57 bits per heavy atom. The molecule has 1 aliphatic carbocycles. The molecule has 0 aromatic heterocycles. The second-order valence-corrected chi connectivity index (χ2v) is 13.1. The summed E-state index contributed by atoms with van der Waals surface area (Å²) < 4.78 is 41.5. The number of rotatable bonds is 17. The van der Waals surface area contributed by atoms with Crippen LogP contribution in [0.25, 0.3) is 0 Å². The largest absolute Gasteiger partial charge is 0.374 e.